The molecular formula is C24H26F3N3O4. The molecule has 0 aliphatic carbocycles. The normalized spacial score (nSPS) is 15.6. The van der Waals surface area contributed by atoms with Crippen molar-refractivity contribution in [3.63, 3.8) is 0 Å². The molecule has 1 saturated heterocycles. The highest BCUT2D eigenvalue weighted by Crippen LogP contribution is 2.25. The second-order valence-electron chi connectivity index (χ2n) is 7.91. The Morgan fingerprint density at radius 2 is 1.82 bits per heavy atom. The van der Waals surface area contributed by atoms with Gasteiger partial charge in [0.1, 0.15) is 11.6 Å². The molecule has 1 aliphatic heterocycles. The summed E-state index contributed by atoms with van der Waals surface area (Å²) in [5.41, 5.74) is 0.568. The van der Waals surface area contributed by atoms with Crippen LogP contribution in [-0.4, -0.2) is 55.4 Å². The quantitative estimate of drug-likeness (QED) is 0.544. The van der Waals surface area contributed by atoms with Crippen molar-refractivity contribution in [1.29, 1.82) is 0 Å². The number of piperidine rings is 1. The molecule has 2 aromatic carbocycles. The minimum absolute atomic E-state index is 0.0184. The van der Waals surface area contributed by atoms with E-state index >= 15 is 0 Å². The molecule has 1 heterocycles. The van der Waals surface area contributed by atoms with Crippen LogP contribution in [0.15, 0.2) is 48.5 Å². The lowest BCUT2D eigenvalue weighted by Crippen LogP contribution is -2.46. The van der Waals surface area contributed by atoms with Gasteiger partial charge in [-0.05, 0) is 42.7 Å². The van der Waals surface area contributed by atoms with Crippen LogP contribution >= 0.6 is 0 Å². The molecule has 2 N–H and O–H groups in total. The molecule has 1 atom stereocenters. The number of nitrogens with zero attached hydrogens (tertiary/aromatic N) is 1. The molecule has 0 aromatic heterocycles. The van der Waals surface area contributed by atoms with Crippen LogP contribution in [-0.2, 0) is 16.0 Å². The number of carbonyl (C=O) groups excluding carboxylic acids is 3. The Kier molecular flexibility index (Phi) is 8.89. The lowest BCUT2D eigenvalue weighted by atomic mass is 9.96. The van der Waals surface area contributed by atoms with Gasteiger partial charge in [0.2, 0.25) is 11.8 Å². The highest BCUT2D eigenvalue weighted by Gasteiger charge is 2.30. The summed E-state index contributed by atoms with van der Waals surface area (Å²) in [4.78, 5) is 38.9. The smallest absolute Gasteiger partial charge is 0.387 e. The number of alkyl halides is 2. The maximum atomic E-state index is 13.2. The zero-order chi connectivity index (χ0) is 24.5. The van der Waals surface area contributed by atoms with Crippen LogP contribution < -0.4 is 15.4 Å². The SMILES string of the molecule is O=C(Cc1cccc(F)c1)NCCNC(=O)C1CCCN(C(=O)c2ccccc2OC(F)F)C1. The van der Waals surface area contributed by atoms with Crippen molar-refractivity contribution >= 4 is 17.7 Å². The number of likely N-dealkylation sites (tertiary alicyclic amines) is 1. The topological polar surface area (TPSA) is 87.7 Å². The van der Waals surface area contributed by atoms with Crippen molar-refractivity contribution in [3.8, 4) is 5.75 Å². The van der Waals surface area contributed by atoms with E-state index in [0.717, 1.165) is 0 Å². The first-order chi connectivity index (χ1) is 16.3. The van der Waals surface area contributed by atoms with Gasteiger partial charge < -0.3 is 20.3 Å². The van der Waals surface area contributed by atoms with E-state index in [4.69, 9.17) is 0 Å². The summed E-state index contributed by atoms with van der Waals surface area (Å²) < 4.78 is 43.0. The number of ether oxygens (including phenoxy) is 1. The Hall–Kier alpha value is -3.56. The maximum Gasteiger partial charge on any atom is 0.387 e. The Bertz CT molecular complexity index is 1020. The van der Waals surface area contributed by atoms with Gasteiger partial charge in [0.25, 0.3) is 5.91 Å². The van der Waals surface area contributed by atoms with Crippen LogP contribution in [0.3, 0.4) is 0 Å². The Morgan fingerprint density at radius 3 is 2.59 bits per heavy atom. The minimum Gasteiger partial charge on any atom is -0.434 e. The lowest BCUT2D eigenvalue weighted by molar-refractivity contribution is -0.126. The summed E-state index contributed by atoms with van der Waals surface area (Å²) in [5, 5.41) is 5.41. The predicted molar refractivity (Wildman–Crippen MR) is 118 cm³/mol. The monoisotopic (exact) mass is 477 g/mol. The molecule has 2 aromatic rings. The van der Waals surface area contributed by atoms with Crippen LogP contribution in [0.2, 0.25) is 0 Å². The summed E-state index contributed by atoms with van der Waals surface area (Å²) in [6.45, 7) is -2.10. The molecule has 1 aliphatic rings. The van der Waals surface area contributed by atoms with E-state index in [9.17, 15) is 27.6 Å². The fourth-order valence-corrected chi connectivity index (χ4v) is 3.81. The molecule has 1 fully saturated rings. The molecule has 1 unspecified atom stereocenters. The zero-order valence-electron chi connectivity index (χ0n) is 18.4. The Balaban J connectivity index is 1.45. The van der Waals surface area contributed by atoms with E-state index in [0.29, 0.717) is 24.9 Å². The van der Waals surface area contributed by atoms with E-state index in [1.165, 1.54) is 41.3 Å². The number of carbonyl (C=O) groups is 3. The van der Waals surface area contributed by atoms with Crippen LogP contribution in [0, 0.1) is 11.7 Å². The van der Waals surface area contributed by atoms with Crippen LogP contribution in [0.5, 0.6) is 5.75 Å². The number of halogens is 3. The molecule has 7 nitrogen and oxygen atoms in total. The molecule has 34 heavy (non-hydrogen) atoms. The molecule has 0 spiro atoms. The first-order valence-corrected chi connectivity index (χ1v) is 11.0. The summed E-state index contributed by atoms with van der Waals surface area (Å²) in [7, 11) is 0. The largest absolute Gasteiger partial charge is 0.434 e. The minimum atomic E-state index is -3.05. The number of hydrogen-bond donors (Lipinski definition) is 2. The number of amides is 3. The number of nitrogens with one attached hydrogen (secondary N) is 2. The van der Waals surface area contributed by atoms with Gasteiger partial charge in [-0.2, -0.15) is 8.78 Å². The van der Waals surface area contributed by atoms with Crippen LogP contribution in [0.4, 0.5) is 13.2 Å². The van der Waals surface area contributed by atoms with Gasteiger partial charge in [-0.25, -0.2) is 4.39 Å². The second-order valence-corrected chi connectivity index (χ2v) is 7.91. The molecule has 0 radical (unpaired) electrons. The van der Waals surface area contributed by atoms with Crippen LogP contribution in [0.1, 0.15) is 28.8 Å². The summed E-state index contributed by atoms with van der Waals surface area (Å²) >= 11 is 0. The molecule has 0 saturated carbocycles. The highest BCUT2D eigenvalue weighted by atomic mass is 19.3. The van der Waals surface area contributed by atoms with Crippen molar-refractivity contribution in [2.75, 3.05) is 26.2 Å². The van der Waals surface area contributed by atoms with Gasteiger partial charge in [-0.3, -0.25) is 14.4 Å². The van der Waals surface area contributed by atoms with Crippen molar-refractivity contribution in [1.82, 2.24) is 15.5 Å². The Labute approximate surface area is 195 Å². The number of hydrogen-bond acceptors (Lipinski definition) is 4. The third kappa shape index (κ3) is 7.23. The third-order valence-electron chi connectivity index (χ3n) is 5.41. The van der Waals surface area contributed by atoms with Crippen molar-refractivity contribution in [2.45, 2.75) is 25.9 Å². The zero-order valence-corrected chi connectivity index (χ0v) is 18.4. The summed E-state index contributed by atoms with van der Waals surface area (Å²) in [6, 6.07) is 11.5. The maximum absolute atomic E-state index is 13.2. The van der Waals surface area contributed by atoms with E-state index in [1.54, 1.807) is 12.1 Å². The number of rotatable bonds is 9. The fourth-order valence-electron chi connectivity index (χ4n) is 3.81. The third-order valence-corrected chi connectivity index (χ3v) is 5.41. The number of benzene rings is 2. The molecule has 0 bridgehead atoms. The van der Waals surface area contributed by atoms with Gasteiger partial charge >= 0.3 is 6.61 Å². The van der Waals surface area contributed by atoms with Crippen molar-refractivity contribution < 1.29 is 32.3 Å². The van der Waals surface area contributed by atoms with Crippen LogP contribution in [0.25, 0.3) is 0 Å². The molecular weight excluding hydrogens is 451 g/mol. The molecule has 3 amide bonds. The van der Waals surface area contributed by atoms with Gasteiger partial charge in [-0.15, -0.1) is 0 Å². The first kappa shape index (κ1) is 25.1. The summed E-state index contributed by atoms with van der Waals surface area (Å²) in [5.74, 6) is -2.10. The van der Waals surface area contributed by atoms with E-state index < -0.39 is 24.3 Å². The first-order valence-electron chi connectivity index (χ1n) is 11.0. The van der Waals surface area contributed by atoms with Gasteiger partial charge in [0, 0.05) is 26.2 Å². The van der Waals surface area contributed by atoms with Gasteiger partial charge in [-0.1, -0.05) is 24.3 Å². The summed E-state index contributed by atoms with van der Waals surface area (Å²) in [6.07, 6.45) is 1.20. The number of para-hydroxylation sites is 1. The van der Waals surface area contributed by atoms with Crippen molar-refractivity contribution in [3.05, 3.63) is 65.5 Å². The van der Waals surface area contributed by atoms with Gasteiger partial charge in [0.05, 0.1) is 17.9 Å². The Morgan fingerprint density at radius 1 is 1.06 bits per heavy atom. The lowest BCUT2D eigenvalue weighted by Gasteiger charge is -2.32. The molecule has 3 rings (SSSR count). The highest BCUT2D eigenvalue weighted by molar-refractivity contribution is 5.97. The standard InChI is InChI=1S/C24H26F3N3O4/c25-18-7-3-5-16(13-18)14-21(31)28-10-11-29-22(32)17-6-4-12-30(15-17)23(33)19-8-1-2-9-20(19)34-24(26)27/h1-3,5,7-9,13,17,24H,4,6,10-12,14-15H2,(H,28,31)(H,29,32). The van der Waals surface area contributed by atoms with Gasteiger partial charge in [0.15, 0.2) is 0 Å². The van der Waals surface area contributed by atoms with Crippen molar-refractivity contribution in [2.24, 2.45) is 5.92 Å². The predicted octanol–water partition coefficient (Wildman–Crippen LogP) is 2.75. The fraction of sp³-hybridized carbons (Fsp3) is 0.375. The molecule has 10 heteroatoms. The average molecular weight is 477 g/mol. The van der Waals surface area contributed by atoms with E-state index in [2.05, 4.69) is 15.4 Å². The molecule has 182 valence electrons. The second kappa shape index (κ2) is 12.1. The average Bonchev–Trinajstić information content (AvgIpc) is 2.81. The van der Waals surface area contributed by atoms with E-state index in [1.807, 2.05) is 0 Å². The van der Waals surface area contributed by atoms with E-state index in [-0.39, 0.29) is 49.2 Å².